The molecule has 0 unspecified atom stereocenters. The highest BCUT2D eigenvalue weighted by Gasteiger charge is 2.25. The Morgan fingerprint density at radius 2 is 1.58 bits per heavy atom. The smallest absolute Gasteiger partial charge is 0.270 e. The number of hydrogen-bond donors (Lipinski definition) is 0. The summed E-state index contributed by atoms with van der Waals surface area (Å²) >= 11 is 1.67. The maximum Gasteiger partial charge on any atom is 0.270 e. The Labute approximate surface area is 185 Å². The van der Waals surface area contributed by atoms with Crippen molar-refractivity contribution in [2.45, 2.75) is 13.1 Å². The van der Waals surface area contributed by atoms with E-state index in [0.29, 0.717) is 19.6 Å². The summed E-state index contributed by atoms with van der Waals surface area (Å²) < 4.78 is 16.4. The molecule has 4 nitrogen and oxygen atoms in total. The van der Waals surface area contributed by atoms with E-state index in [4.69, 9.17) is 0 Å². The van der Waals surface area contributed by atoms with E-state index in [0.717, 1.165) is 41.1 Å². The summed E-state index contributed by atoms with van der Waals surface area (Å²) in [5.74, 6) is -0.113. The molecule has 1 aliphatic heterocycles. The molecule has 2 aromatic carbocycles. The van der Waals surface area contributed by atoms with Gasteiger partial charge >= 0.3 is 0 Å². The van der Waals surface area contributed by atoms with Crippen molar-refractivity contribution in [2.75, 3.05) is 26.2 Å². The Hall–Kier alpha value is -2.96. The van der Waals surface area contributed by atoms with Crippen LogP contribution in [0.15, 0.2) is 72.1 Å². The first-order valence-electron chi connectivity index (χ1n) is 10.5. The molecule has 6 heteroatoms. The van der Waals surface area contributed by atoms with Crippen LogP contribution in [0, 0.1) is 5.82 Å². The Bertz CT molecular complexity index is 1170. The van der Waals surface area contributed by atoms with Crippen LogP contribution in [0.5, 0.6) is 0 Å². The van der Waals surface area contributed by atoms with Crippen LogP contribution in [0.25, 0.3) is 10.2 Å². The highest BCUT2D eigenvalue weighted by molar-refractivity contribution is 7.17. The maximum absolute atomic E-state index is 13.4. The number of thiophene rings is 1. The van der Waals surface area contributed by atoms with Crippen LogP contribution < -0.4 is 0 Å². The van der Waals surface area contributed by atoms with E-state index in [2.05, 4.69) is 33.0 Å². The number of nitrogens with zero attached hydrogens (tertiary/aromatic N) is 3. The molecule has 1 aliphatic rings. The molecule has 5 rings (SSSR count). The number of piperazine rings is 1. The van der Waals surface area contributed by atoms with Crippen molar-refractivity contribution in [2.24, 2.45) is 0 Å². The first-order chi connectivity index (χ1) is 15.2. The van der Waals surface area contributed by atoms with Crippen molar-refractivity contribution in [3.8, 4) is 0 Å². The first-order valence-corrected chi connectivity index (χ1v) is 11.4. The lowest BCUT2D eigenvalue weighted by Gasteiger charge is -2.35. The van der Waals surface area contributed by atoms with Crippen LogP contribution in [-0.4, -0.2) is 46.5 Å². The second-order valence-corrected chi connectivity index (χ2v) is 8.91. The van der Waals surface area contributed by atoms with Gasteiger partial charge in [0.1, 0.15) is 11.5 Å². The van der Waals surface area contributed by atoms with Crippen molar-refractivity contribution in [1.29, 1.82) is 0 Å². The lowest BCUT2D eigenvalue weighted by molar-refractivity contribution is 0.0619. The van der Waals surface area contributed by atoms with Crippen LogP contribution >= 0.6 is 11.3 Å². The van der Waals surface area contributed by atoms with E-state index < -0.39 is 0 Å². The summed E-state index contributed by atoms with van der Waals surface area (Å²) in [7, 11) is 0. The van der Waals surface area contributed by atoms with Crippen LogP contribution in [0.4, 0.5) is 4.39 Å². The van der Waals surface area contributed by atoms with Crippen molar-refractivity contribution >= 4 is 27.5 Å². The number of benzene rings is 2. The van der Waals surface area contributed by atoms with Gasteiger partial charge in [-0.25, -0.2) is 4.39 Å². The van der Waals surface area contributed by atoms with Gasteiger partial charge in [0.2, 0.25) is 0 Å². The molecule has 31 heavy (non-hydrogen) atoms. The number of fused-ring (bicyclic) bond motifs is 1. The minimum atomic E-state index is -0.211. The van der Waals surface area contributed by atoms with Crippen LogP contribution in [0.2, 0.25) is 0 Å². The molecule has 0 saturated carbocycles. The average Bonchev–Trinajstić information content (AvgIpc) is 3.39. The number of rotatable bonds is 5. The minimum Gasteiger partial charge on any atom is -0.335 e. The molecule has 0 radical (unpaired) electrons. The summed E-state index contributed by atoms with van der Waals surface area (Å²) in [4.78, 5) is 17.7. The van der Waals surface area contributed by atoms with Crippen molar-refractivity contribution in [1.82, 2.24) is 14.4 Å². The summed E-state index contributed by atoms with van der Waals surface area (Å²) in [6, 6.07) is 21.1. The van der Waals surface area contributed by atoms with Crippen LogP contribution in [-0.2, 0) is 13.1 Å². The van der Waals surface area contributed by atoms with E-state index in [9.17, 15) is 9.18 Å². The molecule has 0 N–H and O–H groups in total. The number of halogens is 1. The Morgan fingerprint density at radius 1 is 0.871 bits per heavy atom. The fourth-order valence-electron chi connectivity index (χ4n) is 4.21. The van der Waals surface area contributed by atoms with Crippen LogP contribution in [0.1, 0.15) is 21.6 Å². The third kappa shape index (κ3) is 4.27. The third-order valence-corrected chi connectivity index (χ3v) is 6.76. The Morgan fingerprint density at radius 3 is 2.32 bits per heavy atom. The molecule has 0 spiro atoms. The lowest BCUT2D eigenvalue weighted by Crippen LogP contribution is -2.48. The van der Waals surface area contributed by atoms with Gasteiger partial charge in [-0.1, -0.05) is 42.5 Å². The molecule has 1 amide bonds. The lowest BCUT2D eigenvalue weighted by atomic mass is 10.2. The van der Waals surface area contributed by atoms with Gasteiger partial charge in [-0.05, 0) is 40.8 Å². The van der Waals surface area contributed by atoms with E-state index in [1.54, 1.807) is 11.3 Å². The van der Waals surface area contributed by atoms with Gasteiger partial charge in [-0.3, -0.25) is 9.69 Å². The fraction of sp³-hybridized carbons (Fsp3) is 0.240. The Balaban J connectivity index is 1.30. The van der Waals surface area contributed by atoms with Crippen molar-refractivity contribution in [3.05, 3.63) is 94.7 Å². The summed E-state index contributed by atoms with van der Waals surface area (Å²) in [6.07, 6.45) is 0. The molecule has 158 valence electrons. The molecule has 0 aliphatic carbocycles. The number of carbonyl (C=O) groups excluding carboxylic acids is 1. The molecule has 1 saturated heterocycles. The summed E-state index contributed by atoms with van der Waals surface area (Å²) in [5, 5.41) is 2.08. The van der Waals surface area contributed by atoms with Gasteiger partial charge in [0.05, 0.1) is 10.2 Å². The predicted octanol–water partition coefficient (Wildman–Crippen LogP) is 4.85. The van der Waals surface area contributed by atoms with Gasteiger partial charge in [-0.15, -0.1) is 11.3 Å². The summed E-state index contributed by atoms with van der Waals surface area (Å²) in [5.41, 5.74) is 4.16. The SMILES string of the molecule is O=C(c1cc2sccc2n1Cc1ccccc1)N1CCN(Cc2ccc(F)cc2)CC1. The average molecular weight is 434 g/mol. The second-order valence-electron chi connectivity index (χ2n) is 7.97. The maximum atomic E-state index is 13.4. The van der Waals surface area contributed by atoms with E-state index in [1.165, 1.54) is 17.7 Å². The minimum absolute atomic E-state index is 0.0979. The molecule has 1 fully saturated rings. The normalized spacial score (nSPS) is 14.9. The quantitative estimate of drug-likeness (QED) is 0.450. The van der Waals surface area contributed by atoms with Gasteiger partial charge in [0, 0.05) is 39.3 Å². The largest absolute Gasteiger partial charge is 0.335 e. The predicted molar refractivity (Wildman–Crippen MR) is 123 cm³/mol. The van der Waals surface area contributed by atoms with Gasteiger partial charge < -0.3 is 9.47 Å². The molecule has 4 aromatic rings. The van der Waals surface area contributed by atoms with Gasteiger partial charge in [0.25, 0.3) is 5.91 Å². The third-order valence-electron chi connectivity index (χ3n) is 5.90. The highest BCUT2D eigenvalue weighted by atomic mass is 32.1. The zero-order valence-corrected chi connectivity index (χ0v) is 18.0. The van der Waals surface area contributed by atoms with Gasteiger partial charge in [-0.2, -0.15) is 0 Å². The molecular formula is C25H24FN3OS. The first kappa shape index (κ1) is 20.0. The number of hydrogen-bond acceptors (Lipinski definition) is 3. The standard InChI is InChI=1S/C25H24FN3OS/c26-21-8-6-20(7-9-21)17-27-11-13-28(14-12-27)25(30)23-16-24-22(10-15-31-24)29(23)18-19-4-2-1-3-5-19/h1-10,15-16H,11-14,17-18H2. The molecular weight excluding hydrogens is 409 g/mol. The van der Waals surface area contributed by atoms with Gasteiger partial charge in [0.15, 0.2) is 0 Å². The number of carbonyl (C=O) groups is 1. The van der Waals surface area contributed by atoms with E-state index in [-0.39, 0.29) is 11.7 Å². The van der Waals surface area contributed by atoms with Crippen LogP contribution in [0.3, 0.4) is 0 Å². The van der Waals surface area contributed by atoms with E-state index in [1.807, 2.05) is 41.3 Å². The zero-order chi connectivity index (χ0) is 21.2. The Kier molecular flexibility index (Phi) is 5.57. The summed E-state index contributed by atoms with van der Waals surface area (Å²) in [6.45, 7) is 4.50. The zero-order valence-electron chi connectivity index (χ0n) is 17.2. The topological polar surface area (TPSA) is 28.5 Å². The molecule has 3 heterocycles. The monoisotopic (exact) mass is 433 g/mol. The van der Waals surface area contributed by atoms with Crippen molar-refractivity contribution < 1.29 is 9.18 Å². The highest BCUT2D eigenvalue weighted by Crippen LogP contribution is 2.27. The fourth-order valence-corrected chi connectivity index (χ4v) is 5.03. The second kappa shape index (κ2) is 8.65. The number of aromatic nitrogens is 1. The molecule has 2 aromatic heterocycles. The molecule has 0 bridgehead atoms. The van der Waals surface area contributed by atoms with Crippen molar-refractivity contribution in [3.63, 3.8) is 0 Å². The van der Waals surface area contributed by atoms with E-state index >= 15 is 0 Å². The number of amides is 1. The molecule has 0 atom stereocenters.